The van der Waals surface area contributed by atoms with Crippen molar-refractivity contribution in [2.45, 2.75) is 33.2 Å². The van der Waals surface area contributed by atoms with E-state index in [1.165, 1.54) is 7.11 Å². The number of hydrogen-bond acceptors (Lipinski definition) is 3. The zero-order chi connectivity index (χ0) is 10.4. The third kappa shape index (κ3) is 3.92. The van der Waals surface area contributed by atoms with E-state index in [9.17, 15) is 9.59 Å². The summed E-state index contributed by atoms with van der Waals surface area (Å²) in [5.74, 6) is -0.0324. The van der Waals surface area contributed by atoms with Crippen LogP contribution in [0.5, 0.6) is 0 Å². The number of methoxy groups -OCH3 is 1. The second kappa shape index (κ2) is 5.56. The summed E-state index contributed by atoms with van der Waals surface area (Å²) in [5.41, 5.74) is 0. The number of carbonyl (C=O) groups is 2. The molecule has 4 heteroatoms. The lowest BCUT2D eigenvalue weighted by Crippen LogP contribution is -2.42. The van der Waals surface area contributed by atoms with Gasteiger partial charge < -0.3 is 10.1 Å². The Balaban J connectivity index is 0. The lowest BCUT2D eigenvalue weighted by Gasteiger charge is -2.16. The van der Waals surface area contributed by atoms with E-state index in [4.69, 9.17) is 0 Å². The van der Waals surface area contributed by atoms with Gasteiger partial charge in [-0.3, -0.25) is 4.79 Å². The molecule has 0 rings (SSSR count). The first-order valence-electron chi connectivity index (χ1n) is 4.41. The van der Waals surface area contributed by atoms with Gasteiger partial charge in [-0.05, 0) is 6.42 Å². The normalized spacial score (nSPS) is 12.4. The largest absolute Gasteiger partial charge is 0.453 e. The maximum Gasteiger partial charge on any atom is 0.407 e. The summed E-state index contributed by atoms with van der Waals surface area (Å²) < 4.78 is 4.41. The lowest BCUT2D eigenvalue weighted by molar-refractivity contribution is -0.123. The molecule has 0 unspecified atom stereocenters. The molecule has 0 bridgehead atoms. The van der Waals surface area contributed by atoms with Crippen LogP contribution in [0.15, 0.2) is 0 Å². The van der Waals surface area contributed by atoms with Gasteiger partial charge in [0.2, 0.25) is 0 Å². The highest BCUT2D eigenvalue weighted by molar-refractivity contribution is 5.88. The Bertz CT molecular complexity index is 194. The van der Waals surface area contributed by atoms with E-state index in [0.717, 1.165) is 0 Å². The molecule has 78 valence electrons. The number of amides is 1. The zero-order valence-corrected chi connectivity index (χ0v) is 8.59. The number of ether oxygens (including phenoxy) is 1. The number of ketones is 1. The minimum Gasteiger partial charge on any atom is -0.453 e. The van der Waals surface area contributed by atoms with Crippen LogP contribution in [0.2, 0.25) is 0 Å². The van der Waals surface area contributed by atoms with Gasteiger partial charge in [-0.25, -0.2) is 4.79 Å². The molecule has 0 heterocycles. The summed E-state index contributed by atoms with van der Waals surface area (Å²) in [4.78, 5) is 22.3. The number of nitrogens with one attached hydrogen (secondary N) is 1. The Morgan fingerprint density at radius 3 is 2.31 bits per heavy atom. The summed E-state index contributed by atoms with van der Waals surface area (Å²) in [6, 6.07) is -0.424. The van der Waals surface area contributed by atoms with Crippen molar-refractivity contribution in [1.29, 1.82) is 0 Å². The molecule has 1 atom stereocenters. The Morgan fingerprint density at radius 2 is 2.00 bits per heavy atom. The van der Waals surface area contributed by atoms with Gasteiger partial charge in [0.15, 0.2) is 5.78 Å². The van der Waals surface area contributed by atoms with E-state index in [1.54, 1.807) is 0 Å². The molecule has 0 spiro atoms. The third-order valence-electron chi connectivity index (χ3n) is 1.80. The summed E-state index contributed by atoms with van der Waals surface area (Å²) in [7, 11) is 1.28. The fraction of sp³-hybridized carbons (Fsp3) is 0.778. The summed E-state index contributed by atoms with van der Waals surface area (Å²) >= 11 is 0. The SMILES string of the molecule is CC[C@H](NC(=O)OC)C(=O)C(C)C.[HH]. The minimum absolute atomic E-state index is 0. The summed E-state index contributed by atoms with van der Waals surface area (Å²) in [5, 5.41) is 2.49. The predicted octanol–water partition coefficient (Wildman–Crippen LogP) is 1.59. The van der Waals surface area contributed by atoms with Crippen molar-refractivity contribution in [3.8, 4) is 0 Å². The van der Waals surface area contributed by atoms with Crippen LogP contribution >= 0.6 is 0 Å². The van der Waals surface area contributed by atoms with Crippen molar-refractivity contribution in [2.24, 2.45) is 5.92 Å². The molecule has 0 saturated carbocycles. The van der Waals surface area contributed by atoms with Crippen molar-refractivity contribution in [3.63, 3.8) is 0 Å². The molecule has 1 amide bonds. The first-order valence-corrected chi connectivity index (χ1v) is 4.41. The van der Waals surface area contributed by atoms with Crippen LogP contribution in [0.1, 0.15) is 28.6 Å². The number of rotatable bonds is 4. The molecule has 0 aromatic rings. The molecule has 0 aliphatic rings. The van der Waals surface area contributed by atoms with Crippen molar-refractivity contribution in [3.05, 3.63) is 0 Å². The fourth-order valence-electron chi connectivity index (χ4n) is 0.978. The first kappa shape index (κ1) is 11.9. The van der Waals surface area contributed by atoms with Crippen molar-refractivity contribution < 1.29 is 15.8 Å². The van der Waals surface area contributed by atoms with Crippen LogP contribution in [0.3, 0.4) is 0 Å². The maximum absolute atomic E-state index is 11.5. The molecule has 0 saturated heterocycles. The van der Waals surface area contributed by atoms with E-state index in [-0.39, 0.29) is 13.1 Å². The summed E-state index contributed by atoms with van der Waals surface area (Å²) in [6.07, 6.45) is 0.0346. The Morgan fingerprint density at radius 1 is 1.46 bits per heavy atom. The van der Waals surface area contributed by atoms with Crippen LogP contribution in [0, 0.1) is 5.92 Å². The number of alkyl carbamates (subject to hydrolysis) is 1. The molecule has 13 heavy (non-hydrogen) atoms. The number of carbonyl (C=O) groups excluding carboxylic acids is 2. The van der Waals surface area contributed by atoms with Crippen LogP contribution < -0.4 is 5.32 Å². The Labute approximate surface area is 80.1 Å². The fourth-order valence-corrected chi connectivity index (χ4v) is 0.978. The second-order valence-corrected chi connectivity index (χ2v) is 3.15. The maximum atomic E-state index is 11.5. The zero-order valence-electron chi connectivity index (χ0n) is 8.59. The van der Waals surface area contributed by atoms with E-state index < -0.39 is 12.1 Å². The van der Waals surface area contributed by atoms with Gasteiger partial charge in [0.05, 0.1) is 13.2 Å². The second-order valence-electron chi connectivity index (χ2n) is 3.15. The summed E-state index contributed by atoms with van der Waals surface area (Å²) in [6.45, 7) is 5.47. The highest BCUT2D eigenvalue weighted by atomic mass is 16.5. The first-order chi connectivity index (χ1) is 6.02. The molecule has 0 aliphatic carbocycles. The van der Waals surface area contributed by atoms with Gasteiger partial charge in [0, 0.05) is 7.34 Å². The Kier molecular flexibility index (Phi) is 5.11. The average Bonchev–Trinajstić information content (AvgIpc) is 2.12. The van der Waals surface area contributed by atoms with Crippen molar-refractivity contribution in [1.82, 2.24) is 5.32 Å². The van der Waals surface area contributed by atoms with Crippen LogP contribution in [-0.4, -0.2) is 25.0 Å². The molecule has 0 fully saturated rings. The monoisotopic (exact) mass is 189 g/mol. The van der Waals surface area contributed by atoms with Crippen molar-refractivity contribution >= 4 is 11.9 Å². The van der Waals surface area contributed by atoms with Gasteiger partial charge in [0.1, 0.15) is 0 Å². The minimum atomic E-state index is -0.555. The molecule has 4 nitrogen and oxygen atoms in total. The highest BCUT2D eigenvalue weighted by Crippen LogP contribution is 2.03. The van der Waals surface area contributed by atoms with Crippen LogP contribution in [0.4, 0.5) is 4.79 Å². The topological polar surface area (TPSA) is 55.4 Å². The van der Waals surface area contributed by atoms with Gasteiger partial charge in [-0.2, -0.15) is 0 Å². The molecule has 0 aromatic carbocycles. The average molecular weight is 189 g/mol. The van der Waals surface area contributed by atoms with E-state index in [0.29, 0.717) is 6.42 Å². The van der Waals surface area contributed by atoms with Crippen LogP contribution in [-0.2, 0) is 9.53 Å². The van der Waals surface area contributed by atoms with Crippen molar-refractivity contribution in [2.75, 3.05) is 7.11 Å². The highest BCUT2D eigenvalue weighted by Gasteiger charge is 2.21. The van der Waals surface area contributed by atoms with Crippen LogP contribution in [0.25, 0.3) is 0 Å². The lowest BCUT2D eigenvalue weighted by atomic mass is 10.0. The molecule has 1 N–H and O–H groups in total. The Hall–Kier alpha value is -1.06. The molecular formula is C9H19NO3. The number of hydrogen-bond donors (Lipinski definition) is 1. The number of Topliss-reactive ketones (excluding diaryl/α,β-unsaturated/α-hetero) is 1. The molecular weight excluding hydrogens is 170 g/mol. The molecule has 0 radical (unpaired) electrons. The van der Waals surface area contributed by atoms with E-state index >= 15 is 0 Å². The predicted molar refractivity (Wildman–Crippen MR) is 51.6 cm³/mol. The molecule has 0 aromatic heterocycles. The van der Waals surface area contributed by atoms with Gasteiger partial charge >= 0.3 is 6.09 Å². The van der Waals surface area contributed by atoms with E-state index in [1.807, 2.05) is 20.8 Å². The smallest absolute Gasteiger partial charge is 0.407 e. The van der Waals surface area contributed by atoms with Gasteiger partial charge in [-0.1, -0.05) is 20.8 Å². The van der Waals surface area contributed by atoms with Gasteiger partial charge in [-0.15, -0.1) is 0 Å². The van der Waals surface area contributed by atoms with Gasteiger partial charge in [0.25, 0.3) is 0 Å². The third-order valence-corrected chi connectivity index (χ3v) is 1.80. The van der Waals surface area contributed by atoms with E-state index in [2.05, 4.69) is 10.1 Å². The standard InChI is InChI=1S/C9H17NO3.H2/c1-5-7(8(11)6(2)3)10-9(12)13-4;/h6-7H,5H2,1-4H3,(H,10,12);1H/t7-;/m0./s1. The quantitative estimate of drug-likeness (QED) is 0.730. The molecule has 0 aliphatic heterocycles.